The summed E-state index contributed by atoms with van der Waals surface area (Å²) < 4.78 is 0.734. The van der Waals surface area contributed by atoms with E-state index in [4.69, 9.17) is 0 Å². The maximum absolute atomic E-state index is 11.5. The first kappa shape index (κ1) is 25.3. The minimum absolute atomic E-state index is 0.443. The molecule has 0 saturated carbocycles. The fraction of sp³-hybridized carbons (Fsp3) is 0. The lowest BCUT2D eigenvalue weighted by atomic mass is 10.2. The SMILES string of the molecule is O=[N+]([O-])c1cc([N+](=O)[O-])c(N=c2ccn(-c3c([N+](=O)[O-])cc([N+](=O)[O-])cc3[N+](=O)[O-])cn2)c([N+](=O)[O-])c1. The van der Waals surface area contributed by atoms with Crippen LogP contribution in [0.25, 0.3) is 5.69 Å². The smallest absolute Gasteiger partial charge is 0.296 e. The van der Waals surface area contributed by atoms with E-state index in [0.717, 1.165) is 23.2 Å². The predicted molar refractivity (Wildman–Crippen MR) is 115 cm³/mol. The van der Waals surface area contributed by atoms with E-state index in [9.17, 15) is 60.7 Å². The average molecular weight is 517 g/mol. The van der Waals surface area contributed by atoms with E-state index in [-0.39, 0.29) is 0 Å². The number of aromatic nitrogens is 2. The summed E-state index contributed by atoms with van der Waals surface area (Å²) in [5.74, 6) is 0. The first-order chi connectivity index (χ1) is 17.3. The third kappa shape index (κ3) is 4.98. The van der Waals surface area contributed by atoms with Crippen molar-refractivity contribution in [2.45, 2.75) is 0 Å². The highest BCUT2D eigenvalue weighted by atomic mass is 16.6. The highest BCUT2D eigenvalue weighted by Crippen LogP contribution is 2.40. The van der Waals surface area contributed by atoms with Crippen molar-refractivity contribution in [2.24, 2.45) is 4.99 Å². The standard InChI is InChI=1S/C16H7N9O12/c26-20(27)8-3-10(22(30)31)15(11(4-8)23(32)33)18-14-1-2-19(7-17-14)16-12(24(34)35)5-9(21(28)29)6-13(16)25(36)37/h1-7H. The molecule has 0 amide bonds. The van der Waals surface area contributed by atoms with E-state index in [1.165, 1.54) is 0 Å². The van der Waals surface area contributed by atoms with Gasteiger partial charge in [-0.25, -0.2) is 9.98 Å². The van der Waals surface area contributed by atoms with E-state index in [0.29, 0.717) is 24.3 Å². The van der Waals surface area contributed by atoms with Crippen molar-refractivity contribution in [1.82, 2.24) is 9.55 Å². The molecule has 2 aromatic carbocycles. The Morgan fingerprint density at radius 3 is 1.35 bits per heavy atom. The van der Waals surface area contributed by atoms with Crippen LogP contribution in [0.2, 0.25) is 0 Å². The maximum Gasteiger partial charge on any atom is 0.308 e. The number of nitrogens with zero attached hydrogens (tertiary/aromatic N) is 9. The predicted octanol–water partition coefficient (Wildman–Crippen LogP) is 2.55. The molecular weight excluding hydrogens is 510 g/mol. The summed E-state index contributed by atoms with van der Waals surface area (Å²) in [6.45, 7) is 0. The summed E-state index contributed by atoms with van der Waals surface area (Å²) in [5, 5.41) is 67.7. The molecule has 0 fully saturated rings. The average Bonchev–Trinajstić information content (AvgIpc) is 2.83. The minimum atomic E-state index is -1.15. The van der Waals surface area contributed by atoms with Gasteiger partial charge in [-0.3, -0.25) is 65.3 Å². The van der Waals surface area contributed by atoms with Gasteiger partial charge in [0.05, 0.1) is 53.8 Å². The minimum Gasteiger partial charge on any atom is -0.296 e. The topological polar surface area (TPSA) is 289 Å². The van der Waals surface area contributed by atoms with Crippen LogP contribution in [0, 0.1) is 60.7 Å². The molecular formula is C16H7N9O12. The van der Waals surface area contributed by atoms with Crippen molar-refractivity contribution in [3.8, 4) is 5.69 Å². The molecule has 0 bridgehead atoms. The molecule has 188 valence electrons. The summed E-state index contributed by atoms with van der Waals surface area (Å²) in [7, 11) is 0. The monoisotopic (exact) mass is 517 g/mol. The summed E-state index contributed by atoms with van der Waals surface area (Å²) in [5.41, 5.74) is -8.23. The molecule has 0 aliphatic heterocycles. The fourth-order valence-electron chi connectivity index (χ4n) is 2.99. The van der Waals surface area contributed by atoms with Crippen molar-refractivity contribution < 1.29 is 29.5 Å². The van der Waals surface area contributed by atoms with Crippen LogP contribution < -0.4 is 5.49 Å². The summed E-state index contributed by atoms with van der Waals surface area (Å²) in [6.07, 6.45) is 1.64. The van der Waals surface area contributed by atoms with Gasteiger partial charge in [-0.1, -0.05) is 0 Å². The lowest BCUT2D eigenvalue weighted by Gasteiger charge is -2.07. The Labute approximate surface area is 199 Å². The van der Waals surface area contributed by atoms with Crippen molar-refractivity contribution in [3.05, 3.63) is 109 Å². The molecule has 0 spiro atoms. The van der Waals surface area contributed by atoms with E-state index < -0.39 is 80.5 Å². The van der Waals surface area contributed by atoms with Gasteiger partial charge >= 0.3 is 22.7 Å². The van der Waals surface area contributed by atoms with Crippen molar-refractivity contribution in [1.29, 1.82) is 0 Å². The molecule has 0 aliphatic carbocycles. The molecule has 1 heterocycles. The molecule has 0 aliphatic rings. The molecule has 0 radical (unpaired) electrons. The summed E-state index contributed by atoms with van der Waals surface area (Å²) in [4.78, 5) is 68.4. The first-order valence-electron chi connectivity index (χ1n) is 9.13. The Morgan fingerprint density at radius 1 is 0.622 bits per heavy atom. The Kier molecular flexibility index (Phi) is 6.53. The van der Waals surface area contributed by atoms with Gasteiger partial charge in [-0.2, -0.15) is 0 Å². The molecule has 21 heteroatoms. The highest BCUT2D eigenvalue weighted by Gasteiger charge is 2.32. The number of rotatable bonds is 8. The van der Waals surface area contributed by atoms with Gasteiger partial charge in [-0.05, 0) is 6.07 Å². The second-order valence-electron chi connectivity index (χ2n) is 6.65. The molecule has 1 aromatic heterocycles. The van der Waals surface area contributed by atoms with Gasteiger partial charge in [0.15, 0.2) is 5.49 Å². The van der Waals surface area contributed by atoms with Crippen LogP contribution >= 0.6 is 0 Å². The van der Waals surface area contributed by atoms with Gasteiger partial charge in [0, 0.05) is 6.20 Å². The zero-order valence-electron chi connectivity index (χ0n) is 17.5. The van der Waals surface area contributed by atoms with Crippen LogP contribution in [-0.4, -0.2) is 39.1 Å². The lowest BCUT2D eigenvalue weighted by molar-refractivity contribution is -0.402. The number of nitro groups is 6. The van der Waals surface area contributed by atoms with Crippen LogP contribution in [-0.2, 0) is 0 Å². The zero-order valence-corrected chi connectivity index (χ0v) is 17.5. The number of non-ortho nitro benzene ring substituents is 2. The molecule has 0 saturated heterocycles. The van der Waals surface area contributed by atoms with Crippen LogP contribution in [0.4, 0.5) is 39.8 Å². The summed E-state index contributed by atoms with van der Waals surface area (Å²) >= 11 is 0. The number of hydrogen-bond acceptors (Lipinski definition) is 14. The van der Waals surface area contributed by atoms with Crippen molar-refractivity contribution in [2.75, 3.05) is 0 Å². The van der Waals surface area contributed by atoms with E-state index in [1.807, 2.05) is 0 Å². The third-order valence-electron chi connectivity index (χ3n) is 4.50. The zero-order chi connectivity index (χ0) is 27.6. The molecule has 0 atom stereocenters. The molecule has 0 N–H and O–H groups in total. The van der Waals surface area contributed by atoms with Crippen LogP contribution in [0.5, 0.6) is 0 Å². The highest BCUT2D eigenvalue weighted by molar-refractivity contribution is 5.74. The van der Waals surface area contributed by atoms with Crippen molar-refractivity contribution in [3.63, 3.8) is 0 Å². The first-order valence-corrected chi connectivity index (χ1v) is 9.13. The number of hydrogen-bond donors (Lipinski definition) is 0. The molecule has 0 unspecified atom stereocenters. The second-order valence-corrected chi connectivity index (χ2v) is 6.65. The van der Waals surface area contributed by atoms with E-state index >= 15 is 0 Å². The second kappa shape index (κ2) is 9.53. The normalized spacial score (nSPS) is 11.1. The third-order valence-corrected chi connectivity index (χ3v) is 4.50. The molecule has 21 nitrogen and oxygen atoms in total. The van der Waals surface area contributed by atoms with E-state index in [1.54, 1.807) is 0 Å². The van der Waals surface area contributed by atoms with Crippen LogP contribution in [0.15, 0.2) is 47.8 Å². The van der Waals surface area contributed by atoms with Crippen molar-refractivity contribution >= 4 is 39.8 Å². The Balaban J connectivity index is 2.26. The van der Waals surface area contributed by atoms with Gasteiger partial charge in [0.1, 0.15) is 6.33 Å². The Hall–Kier alpha value is -6.28. The molecule has 37 heavy (non-hydrogen) atoms. The number of nitro benzene ring substituents is 6. The van der Waals surface area contributed by atoms with Gasteiger partial charge in [-0.15, -0.1) is 0 Å². The fourth-order valence-corrected chi connectivity index (χ4v) is 2.99. The Bertz CT molecular complexity index is 1520. The molecule has 3 aromatic rings. The van der Waals surface area contributed by atoms with Gasteiger partial charge in [0.2, 0.25) is 11.4 Å². The lowest BCUT2D eigenvalue weighted by Crippen LogP contribution is -2.12. The summed E-state index contributed by atoms with van der Waals surface area (Å²) in [6, 6.07) is 2.76. The Morgan fingerprint density at radius 2 is 1.03 bits per heavy atom. The van der Waals surface area contributed by atoms with Gasteiger partial charge < -0.3 is 0 Å². The maximum atomic E-state index is 11.5. The van der Waals surface area contributed by atoms with E-state index in [2.05, 4.69) is 9.98 Å². The molecule has 3 rings (SSSR count). The van der Waals surface area contributed by atoms with Crippen LogP contribution in [0.3, 0.4) is 0 Å². The largest absolute Gasteiger partial charge is 0.308 e. The van der Waals surface area contributed by atoms with Gasteiger partial charge in [0.25, 0.3) is 11.4 Å². The van der Waals surface area contributed by atoms with Crippen LogP contribution in [0.1, 0.15) is 0 Å². The quantitative estimate of drug-likeness (QED) is 0.307. The number of benzene rings is 2.